The Balaban J connectivity index is 1.75. The lowest BCUT2D eigenvalue weighted by Gasteiger charge is -2.31. The maximum absolute atomic E-state index is 12.9. The number of carbonyl (C=O) groups excluding carboxylic acids is 2. The Morgan fingerprint density at radius 1 is 1.07 bits per heavy atom. The van der Waals surface area contributed by atoms with Crippen molar-refractivity contribution in [2.24, 2.45) is 0 Å². The van der Waals surface area contributed by atoms with E-state index in [1.165, 1.54) is 0 Å². The summed E-state index contributed by atoms with van der Waals surface area (Å²) in [7, 11) is 0. The first-order chi connectivity index (χ1) is 13.1. The van der Waals surface area contributed by atoms with Gasteiger partial charge in [0.2, 0.25) is 5.91 Å². The lowest BCUT2D eigenvalue weighted by atomic mass is 9.94. The number of amides is 2. The van der Waals surface area contributed by atoms with E-state index in [0.29, 0.717) is 30.8 Å². The van der Waals surface area contributed by atoms with Crippen LogP contribution in [0.15, 0.2) is 60.3 Å². The summed E-state index contributed by atoms with van der Waals surface area (Å²) in [5.74, 6) is -0.669. The lowest BCUT2D eigenvalue weighted by Crippen LogP contribution is -2.36. The summed E-state index contributed by atoms with van der Waals surface area (Å²) in [4.78, 5) is 30.8. The summed E-state index contributed by atoms with van der Waals surface area (Å²) in [5.41, 5.74) is 4.11. The van der Waals surface area contributed by atoms with Gasteiger partial charge in [0.25, 0.3) is 5.91 Å². The highest BCUT2D eigenvalue weighted by Gasteiger charge is 2.27. The molecular formula is C22H24N2O3. The van der Waals surface area contributed by atoms with Crippen LogP contribution in [0.2, 0.25) is 0 Å². The van der Waals surface area contributed by atoms with Crippen molar-refractivity contribution in [3.8, 4) is 0 Å². The highest BCUT2D eigenvalue weighted by molar-refractivity contribution is 6.24. The molecule has 3 rings (SSSR count). The molecule has 27 heavy (non-hydrogen) atoms. The molecule has 0 saturated heterocycles. The molecule has 0 spiro atoms. The van der Waals surface area contributed by atoms with Gasteiger partial charge in [0.05, 0.1) is 24.4 Å². The highest BCUT2D eigenvalue weighted by atomic mass is 16.7. The van der Waals surface area contributed by atoms with Crippen LogP contribution in [-0.4, -0.2) is 23.5 Å². The monoisotopic (exact) mass is 364 g/mol. The number of hydrogen-bond acceptors (Lipinski definition) is 4. The number of fused-ring (bicyclic) bond motifs is 1. The number of rotatable bonds is 6. The normalized spacial score (nSPS) is 13.3. The van der Waals surface area contributed by atoms with Gasteiger partial charge in [-0.1, -0.05) is 54.6 Å². The zero-order valence-corrected chi connectivity index (χ0v) is 15.7. The molecule has 2 aromatic rings. The molecule has 1 aliphatic rings. The van der Waals surface area contributed by atoms with Crippen LogP contribution in [0, 0.1) is 0 Å². The molecule has 5 nitrogen and oxygen atoms in total. The number of carbonyl (C=O) groups is 2. The van der Waals surface area contributed by atoms with Crippen molar-refractivity contribution in [2.45, 2.75) is 33.2 Å². The zero-order valence-electron chi connectivity index (χ0n) is 15.7. The summed E-state index contributed by atoms with van der Waals surface area (Å²) >= 11 is 0. The Kier molecular flexibility index (Phi) is 6.04. The molecule has 1 N–H and O–H groups in total. The van der Waals surface area contributed by atoms with E-state index in [1.807, 2.05) is 68.4 Å². The van der Waals surface area contributed by atoms with Crippen LogP contribution in [-0.2, 0) is 27.4 Å². The van der Waals surface area contributed by atoms with E-state index < -0.39 is 0 Å². The minimum absolute atomic E-state index is 0.263. The van der Waals surface area contributed by atoms with Crippen LogP contribution in [0.3, 0.4) is 0 Å². The molecule has 0 fully saturated rings. The van der Waals surface area contributed by atoms with E-state index in [9.17, 15) is 9.59 Å². The molecule has 140 valence electrons. The third-order valence-electron chi connectivity index (χ3n) is 4.59. The number of hydrogen-bond donors (Lipinski definition) is 1. The molecule has 0 aliphatic carbocycles. The van der Waals surface area contributed by atoms with Crippen molar-refractivity contribution in [3.05, 3.63) is 77.0 Å². The van der Waals surface area contributed by atoms with Gasteiger partial charge >= 0.3 is 0 Å². The van der Waals surface area contributed by atoms with Gasteiger partial charge in [0.15, 0.2) is 0 Å². The Bertz CT molecular complexity index is 859. The first-order valence-corrected chi connectivity index (χ1v) is 9.18. The largest absolute Gasteiger partial charge is 0.292 e. The van der Waals surface area contributed by atoms with Gasteiger partial charge in [-0.2, -0.15) is 0 Å². The van der Waals surface area contributed by atoms with Crippen molar-refractivity contribution in [2.75, 3.05) is 6.61 Å². The Hall–Kier alpha value is -2.92. The number of imide groups is 1. The predicted octanol–water partition coefficient (Wildman–Crippen LogP) is 3.46. The van der Waals surface area contributed by atoms with E-state index in [0.717, 1.165) is 16.7 Å². The number of aryl methyl sites for hydroxylation is 1. The van der Waals surface area contributed by atoms with Crippen LogP contribution >= 0.6 is 0 Å². The highest BCUT2D eigenvalue weighted by Crippen LogP contribution is 2.31. The molecule has 2 amide bonds. The molecule has 5 heteroatoms. The molecule has 1 aliphatic heterocycles. The maximum atomic E-state index is 12.9. The average Bonchev–Trinajstić information content (AvgIpc) is 2.68. The van der Waals surface area contributed by atoms with Crippen molar-refractivity contribution >= 4 is 17.4 Å². The van der Waals surface area contributed by atoms with Gasteiger partial charge in [-0.05, 0) is 37.0 Å². The Labute approximate surface area is 159 Å². The molecule has 0 atom stereocenters. The number of nitrogens with zero attached hydrogens (tertiary/aromatic N) is 1. The minimum atomic E-state index is -0.387. The maximum Gasteiger partial charge on any atom is 0.260 e. The van der Waals surface area contributed by atoms with Crippen molar-refractivity contribution in [1.82, 2.24) is 10.4 Å². The first-order valence-electron chi connectivity index (χ1n) is 9.18. The topological polar surface area (TPSA) is 58.6 Å². The number of hydroxylamine groups is 2. The molecule has 0 unspecified atom stereocenters. The van der Waals surface area contributed by atoms with Crippen LogP contribution in [0.1, 0.15) is 37.0 Å². The van der Waals surface area contributed by atoms with E-state index in [-0.39, 0.29) is 18.2 Å². The van der Waals surface area contributed by atoms with Crippen LogP contribution in [0.5, 0.6) is 0 Å². The van der Waals surface area contributed by atoms with Crippen molar-refractivity contribution in [3.63, 3.8) is 0 Å². The van der Waals surface area contributed by atoms with E-state index >= 15 is 0 Å². The fourth-order valence-corrected chi connectivity index (χ4v) is 3.23. The summed E-state index contributed by atoms with van der Waals surface area (Å²) in [6, 6.07) is 17.5. The molecule has 1 heterocycles. The number of benzene rings is 2. The van der Waals surface area contributed by atoms with Crippen LogP contribution < -0.4 is 5.32 Å². The average molecular weight is 364 g/mol. The zero-order chi connectivity index (χ0) is 19.2. The fourth-order valence-electron chi connectivity index (χ4n) is 3.23. The molecule has 0 radical (unpaired) electrons. The van der Waals surface area contributed by atoms with Crippen molar-refractivity contribution < 1.29 is 14.4 Å². The van der Waals surface area contributed by atoms with Crippen LogP contribution in [0.25, 0.3) is 5.57 Å². The minimum Gasteiger partial charge on any atom is -0.292 e. The first kappa shape index (κ1) is 18.9. The van der Waals surface area contributed by atoms with E-state index in [4.69, 9.17) is 4.84 Å². The smallest absolute Gasteiger partial charge is 0.260 e. The summed E-state index contributed by atoms with van der Waals surface area (Å²) < 4.78 is 0. The predicted molar refractivity (Wildman–Crippen MR) is 104 cm³/mol. The van der Waals surface area contributed by atoms with E-state index in [1.54, 1.807) is 5.06 Å². The summed E-state index contributed by atoms with van der Waals surface area (Å²) in [6.07, 6.45) is 0.860. The van der Waals surface area contributed by atoms with Crippen molar-refractivity contribution in [1.29, 1.82) is 0 Å². The van der Waals surface area contributed by atoms with Gasteiger partial charge in [-0.3, -0.25) is 24.8 Å². The summed E-state index contributed by atoms with van der Waals surface area (Å²) in [6.45, 7) is 4.83. The van der Waals surface area contributed by atoms with E-state index in [2.05, 4.69) is 5.32 Å². The van der Waals surface area contributed by atoms with Gasteiger partial charge in [0, 0.05) is 6.42 Å². The quantitative estimate of drug-likeness (QED) is 0.853. The number of nitrogens with one attached hydrogen (secondary N) is 1. The van der Waals surface area contributed by atoms with Gasteiger partial charge in [-0.15, -0.1) is 0 Å². The van der Waals surface area contributed by atoms with Gasteiger partial charge in [-0.25, -0.2) is 0 Å². The molecule has 0 bridgehead atoms. The standard InChI is InChI=1S/C22H24N2O3/c1-3-27-24-15-18-11-7-8-12-19(18)21(16(24)2)22(26)23-20(25)14-13-17-9-5-4-6-10-17/h4-12H,3,13-15H2,1-2H3,(H,23,25,26). The molecule has 0 aromatic heterocycles. The van der Waals surface area contributed by atoms with Crippen LogP contribution in [0.4, 0.5) is 0 Å². The second kappa shape index (κ2) is 8.64. The molecular weight excluding hydrogens is 340 g/mol. The molecule has 0 saturated carbocycles. The third kappa shape index (κ3) is 4.44. The lowest BCUT2D eigenvalue weighted by molar-refractivity contribution is -0.136. The summed E-state index contributed by atoms with van der Waals surface area (Å²) in [5, 5.41) is 4.25. The SMILES string of the molecule is CCON1Cc2ccccc2C(C(=O)NC(=O)CCc2ccccc2)=C1C. The number of allylic oxidation sites excluding steroid dienone is 1. The van der Waals surface area contributed by atoms with Gasteiger partial charge < -0.3 is 0 Å². The fraction of sp³-hybridized carbons (Fsp3) is 0.273. The Morgan fingerprint density at radius 3 is 2.52 bits per heavy atom. The van der Waals surface area contributed by atoms with Gasteiger partial charge in [0.1, 0.15) is 0 Å². The second-order valence-electron chi connectivity index (χ2n) is 6.43. The Morgan fingerprint density at radius 2 is 1.78 bits per heavy atom. The second-order valence-corrected chi connectivity index (χ2v) is 6.43. The third-order valence-corrected chi connectivity index (χ3v) is 4.59. The molecule has 2 aromatic carbocycles.